The Hall–Kier alpha value is -0.120. The van der Waals surface area contributed by atoms with Crippen molar-refractivity contribution in [1.82, 2.24) is 0 Å². The van der Waals surface area contributed by atoms with Gasteiger partial charge < -0.3 is 17.2 Å². The smallest absolute Gasteiger partial charge is 0.00680 e. The molecule has 0 heterocycles. The third-order valence-corrected chi connectivity index (χ3v) is 2.43. The molecule has 0 aliphatic carbocycles. The molecule has 0 radical (unpaired) electrons. The van der Waals surface area contributed by atoms with Crippen LogP contribution in [0, 0.1) is 11.8 Å². The van der Waals surface area contributed by atoms with E-state index in [1.165, 1.54) is 0 Å². The Morgan fingerprint density at radius 3 is 2.17 bits per heavy atom. The van der Waals surface area contributed by atoms with Crippen molar-refractivity contribution in [3.8, 4) is 0 Å². The summed E-state index contributed by atoms with van der Waals surface area (Å²) in [6.07, 6.45) is 2.02. The van der Waals surface area contributed by atoms with Gasteiger partial charge in [0.05, 0.1) is 0 Å². The Kier molecular flexibility index (Phi) is 6.34. The molecule has 74 valence electrons. The summed E-state index contributed by atoms with van der Waals surface area (Å²) in [7, 11) is 0. The molecule has 0 fully saturated rings. The zero-order valence-electron chi connectivity index (χ0n) is 8.29. The van der Waals surface area contributed by atoms with Crippen LogP contribution in [0.3, 0.4) is 0 Å². The first kappa shape index (κ1) is 11.9. The van der Waals surface area contributed by atoms with Crippen LogP contribution in [-0.4, -0.2) is 19.1 Å². The number of hydrogen-bond donors (Lipinski definition) is 3. The average molecular weight is 173 g/mol. The standard InChI is InChI=1S/C9H23N3/c1-7(6-11)5-9(12)8(2)3-4-10/h7-9H,3-6,10-12H2,1-2H3. The molecule has 0 aromatic heterocycles. The van der Waals surface area contributed by atoms with Crippen molar-refractivity contribution in [1.29, 1.82) is 0 Å². The summed E-state index contributed by atoms with van der Waals surface area (Å²) in [6, 6.07) is 0.257. The van der Waals surface area contributed by atoms with Gasteiger partial charge in [0.15, 0.2) is 0 Å². The van der Waals surface area contributed by atoms with Crippen LogP contribution in [-0.2, 0) is 0 Å². The van der Waals surface area contributed by atoms with E-state index < -0.39 is 0 Å². The lowest BCUT2D eigenvalue weighted by Crippen LogP contribution is -2.33. The molecule has 12 heavy (non-hydrogen) atoms. The fourth-order valence-electron chi connectivity index (χ4n) is 1.27. The second-order valence-electron chi connectivity index (χ2n) is 3.80. The Morgan fingerprint density at radius 1 is 1.17 bits per heavy atom. The molecule has 0 aliphatic heterocycles. The van der Waals surface area contributed by atoms with Crippen molar-refractivity contribution in [3.63, 3.8) is 0 Å². The molecule has 0 rings (SSSR count). The van der Waals surface area contributed by atoms with Crippen LogP contribution in [0.15, 0.2) is 0 Å². The van der Waals surface area contributed by atoms with Crippen molar-refractivity contribution in [2.24, 2.45) is 29.0 Å². The van der Waals surface area contributed by atoms with Gasteiger partial charge in [0.25, 0.3) is 0 Å². The van der Waals surface area contributed by atoms with Gasteiger partial charge in [0, 0.05) is 6.04 Å². The van der Waals surface area contributed by atoms with E-state index in [1.54, 1.807) is 0 Å². The number of hydrogen-bond acceptors (Lipinski definition) is 3. The molecule has 0 spiro atoms. The van der Waals surface area contributed by atoms with Gasteiger partial charge in [0.2, 0.25) is 0 Å². The first-order valence-electron chi connectivity index (χ1n) is 4.77. The van der Waals surface area contributed by atoms with Gasteiger partial charge in [-0.2, -0.15) is 0 Å². The van der Waals surface area contributed by atoms with Crippen LogP contribution in [0.5, 0.6) is 0 Å². The van der Waals surface area contributed by atoms with E-state index in [0.717, 1.165) is 25.9 Å². The van der Waals surface area contributed by atoms with Crippen molar-refractivity contribution in [2.45, 2.75) is 32.7 Å². The minimum Gasteiger partial charge on any atom is -0.330 e. The van der Waals surface area contributed by atoms with E-state index >= 15 is 0 Å². The molecule has 3 nitrogen and oxygen atoms in total. The summed E-state index contributed by atoms with van der Waals surface area (Å²) in [6.45, 7) is 5.74. The first-order chi connectivity index (χ1) is 5.61. The van der Waals surface area contributed by atoms with Crippen LogP contribution in [0.25, 0.3) is 0 Å². The highest BCUT2D eigenvalue weighted by Crippen LogP contribution is 2.12. The highest BCUT2D eigenvalue weighted by molar-refractivity contribution is 4.72. The molecular formula is C9H23N3. The molecule has 0 aliphatic rings. The Bertz CT molecular complexity index is 106. The molecule has 0 saturated carbocycles. The third-order valence-electron chi connectivity index (χ3n) is 2.43. The van der Waals surface area contributed by atoms with E-state index in [4.69, 9.17) is 17.2 Å². The lowest BCUT2D eigenvalue weighted by Gasteiger charge is -2.21. The SMILES string of the molecule is CC(CN)CC(N)C(C)CCN. The molecule has 0 bridgehead atoms. The minimum absolute atomic E-state index is 0.257. The number of nitrogens with two attached hydrogens (primary N) is 3. The Balaban J connectivity index is 3.62. The molecule has 0 aromatic rings. The Labute approximate surface area is 75.7 Å². The molecule has 0 saturated heterocycles. The van der Waals surface area contributed by atoms with E-state index in [0.29, 0.717) is 11.8 Å². The maximum absolute atomic E-state index is 5.97. The zero-order chi connectivity index (χ0) is 9.56. The van der Waals surface area contributed by atoms with Gasteiger partial charge in [0.1, 0.15) is 0 Å². The van der Waals surface area contributed by atoms with E-state index in [-0.39, 0.29) is 6.04 Å². The molecule has 3 heteroatoms. The average Bonchev–Trinajstić information content (AvgIpc) is 2.04. The van der Waals surface area contributed by atoms with Crippen LogP contribution >= 0.6 is 0 Å². The fraction of sp³-hybridized carbons (Fsp3) is 1.00. The monoisotopic (exact) mass is 173 g/mol. The molecule has 3 unspecified atom stereocenters. The van der Waals surface area contributed by atoms with Crippen molar-refractivity contribution in [2.75, 3.05) is 13.1 Å². The summed E-state index contributed by atoms with van der Waals surface area (Å²) in [4.78, 5) is 0. The predicted molar refractivity (Wildman–Crippen MR) is 53.6 cm³/mol. The van der Waals surface area contributed by atoms with Gasteiger partial charge in [-0.1, -0.05) is 13.8 Å². The van der Waals surface area contributed by atoms with Crippen molar-refractivity contribution < 1.29 is 0 Å². The normalized spacial score (nSPS) is 18.8. The second kappa shape index (κ2) is 6.40. The second-order valence-corrected chi connectivity index (χ2v) is 3.80. The topological polar surface area (TPSA) is 78.1 Å². The van der Waals surface area contributed by atoms with Crippen molar-refractivity contribution >= 4 is 0 Å². The number of rotatable bonds is 6. The highest BCUT2D eigenvalue weighted by Gasteiger charge is 2.14. The molecule has 0 amide bonds. The maximum Gasteiger partial charge on any atom is 0.00680 e. The fourth-order valence-corrected chi connectivity index (χ4v) is 1.27. The van der Waals surface area contributed by atoms with Gasteiger partial charge >= 0.3 is 0 Å². The van der Waals surface area contributed by atoms with Gasteiger partial charge in [-0.25, -0.2) is 0 Å². The van der Waals surface area contributed by atoms with Gasteiger partial charge in [-0.05, 0) is 37.8 Å². The zero-order valence-corrected chi connectivity index (χ0v) is 8.29. The van der Waals surface area contributed by atoms with Crippen LogP contribution in [0.2, 0.25) is 0 Å². The van der Waals surface area contributed by atoms with Gasteiger partial charge in [-0.3, -0.25) is 0 Å². The van der Waals surface area contributed by atoms with E-state index in [2.05, 4.69) is 13.8 Å². The summed E-state index contributed by atoms with van der Waals surface area (Å²) >= 11 is 0. The van der Waals surface area contributed by atoms with Gasteiger partial charge in [-0.15, -0.1) is 0 Å². The lowest BCUT2D eigenvalue weighted by molar-refractivity contribution is 0.362. The molecule has 6 N–H and O–H groups in total. The minimum atomic E-state index is 0.257. The maximum atomic E-state index is 5.97. The predicted octanol–water partition coefficient (Wildman–Crippen LogP) is 0.284. The molecule has 0 aromatic carbocycles. The quantitative estimate of drug-likeness (QED) is 0.540. The Morgan fingerprint density at radius 2 is 1.75 bits per heavy atom. The molecular weight excluding hydrogens is 150 g/mol. The lowest BCUT2D eigenvalue weighted by atomic mass is 9.91. The molecule has 3 atom stereocenters. The van der Waals surface area contributed by atoms with Crippen LogP contribution in [0.1, 0.15) is 26.7 Å². The largest absolute Gasteiger partial charge is 0.330 e. The summed E-state index contributed by atoms with van der Waals surface area (Å²) in [5.74, 6) is 1.05. The summed E-state index contributed by atoms with van der Waals surface area (Å²) in [5, 5.41) is 0. The highest BCUT2D eigenvalue weighted by atomic mass is 14.7. The van der Waals surface area contributed by atoms with Crippen LogP contribution < -0.4 is 17.2 Å². The summed E-state index contributed by atoms with van der Waals surface area (Å²) < 4.78 is 0. The van der Waals surface area contributed by atoms with E-state index in [9.17, 15) is 0 Å². The van der Waals surface area contributed by atoms with Crippen molar-refractivity contribution in [3.05, 3.63) is 0 Å². The first-order valence-corrected chi connectivity index (χ1v) is 4.77. The summed E-state index contributed by atoms with van der Waals surface area (Å²) in [5.41, 5.74) is 16.9. The van der Waals surface area contributed by atoms with Crippen LogP contribution in [0.4, 0.5) is 0 Å². The van der Waals surface area contributed by atoms with E-state index in [1.807, 2.05) is 0 Å². The third kappa shape index (κ3) is 4.70.